The fourth-order valence-corrected chi connectivity index (χ4v) is 1.47. The van der Waals surface area contributed by atoms with E-state index in [1.165, 1.54) is 5.56 Å². The molecule has 4 heteroatoms. The van der Waals surface area contributed by atoms with Gasteiger partial charge >= 0.3 is 0 Å². The van der Waals surface area contributed by atoms with Gasteiger partial charge in [-0.1, -0.05) is 23.7 Å². The Bertz CT molecular complexity index is 468. The van der Waals surface area contributed by atoms with Gasteiger partial charge in [0.2, 0.25) is 0 Å². The number of nitrogens with one attached hydrogen (secondary N) is 1. The van der Waals surface area contributed by atoms with Crippen molar-refractivity contribution < 1.29 is 0 Å². The molecular weight excluding hydrogens is 222 g/mol. The van der Waals surface area contributed by atoms with Crippen molar-refractivity contribution in [3.05, 3.63) is 52.9 Å². The molecule has 0 amide bonds. The van der Waals surface area contributed by atoms with E-state index in [4.69, 9.17) is 11.6 Å². The van der Waals surface area contributed by atoms with Crippen LogP contribution in [-0.4, -0.2) is 9.97 Å². The maximum absolute atomic E-state index is 5.81. The summed E-state index contributed by atoms with van der Waals surface area (Å²) in [6, 6.07) is 9.65. The smallest absolute Gasteiger partial charge is 0.129 e. The Labute approximate surface area is 99.5 Å². The van der Waals surface area contributed by atoms with Gasteiger partial charge in [-0.3, -0.25) is 0 Å². The maximum atomic E-state index is 5.81. The number of hydrogen-bond acceptors (Lipinski definition) is 3. The second kappa shape index (κ2) is 4.94. The molecule has 82 valence electrons. The zero-order valence-corrected chi connectivity index (χ0v) is 9.70. The SMILES string of the molecule is Cc1cc(NCc2ccc(Cl)cc2)ncn1. The fraction of sp³-hybridized carbons (Fsp3) is 0.167. The van der Waals surface area contributed by atoms with Crippen LogP contribution in [0.15, 0.2) is 36.7 Å². The van der Waals surface area contributed by atoms with Crippen LogP contribution in [0.5, 0.6) is 0 Å². The van der Waals surface area contributed by atoms with Crippen LogP contribution in [0.2, 0.25) is 5.02 Å². The zero-order valence-electron chi connectivity index (χ0n) is 8.94. The minimum atomic E-state index is 0.730. The van der Waals surface area contributed by atoms with E-state index in [9.17, 15) is 0 Å². The monoisotopic (exact) mass is 233 g/mol. The van der Waals surface area contributed by atoms with Crippen LogP contribution >= 0.6 is 11.6 Å². The molecule has 16 heavy (non-hydrogen) atoms. The van der Waals surface area contributed by atoms with Crippen LogP contribution in [0.25, 0.3) is 0 Å². The molecule has 1 heterocycles. The summed E-state index contributed by atoms with van der Waals surface area (Å²) in [5, 5.41) is 3.98. The Morgan fingerprint density at radius 2 is 1.94 bits per heavy atom. The highest BCUT2D eigenvalue weighted by atomic mass is 35.5. The molecule has 0 bridgehead atoms. The number of nitrogens with zero attached hydrogens (tertiary/aromatic N) is 2. The van der Waals surface area contributed by atoms with Crippen molar-refractivity contribution in [1.82, 2.24) is 9.97 Å². The summed E-state index contributed by atoms with van der Waals surface area (Å²) in [5.41, 5.74) is 2.12. The molecule has 0 unspecified atom stereocenters. The predicted octanol–water partition coefficient (Wildman–Crippen LogP) is 3.05. The topological polar surface area (TPSA) is 37.8 Å². The van der Waals surface area contributed by atoms with Gasteiger partial charge in [0.25, 0.3) is 0 Å². The first-order valence-corrected chi connectivity index (χ1v) is 5.39. The predicted molar refractivity (Wildman–Crippen MR) is 65.5 cm³/mol. The molecule has 0 aliphatic heterocycles. The summed E-state index contributed by atoms with van der Waals surface area (Å²) in [6.07, 6.45) is 1.56. The van der Waals surface area contributed by atoms with Gasteiger partial charge in [-0.25, -0.2) is 9.97 Å². The van der Waals surface area contributed by atoms with E-state index in [1.807, 2.05) is 37.3 Å². The number of rotatable bonds is 3. The Hall–Kier alpha value is -1.61. The number of benzene rings is 1. The van der Waals surface area contributed by atoms with Gasteiger partial charge in [-0.05, 0) is 24.6 Å². The van der Waals surface area contributed by atoms with E-state index in [1.54, 1.807) is 6.33 Å². The highest BCUT2D eigenvalue weighted by Crippen LogP contribution is 2.11. The highest BCUT2D eigenvalue weighted by Gasteiger charge is 1.96. The number of halogens is 1. The lowest BCUT2D eigenvalue weighted by Crippen LogP contribution is -2.01. The minimum absolute atomic E-state index is 0.730. The van der Waals surface area contributed by atoms with Gasteiger partial charge in [-0.2, -0.15) is 0 Å². The average molecular weight is 234 g/mol. The van der Waals surface area contributed by atoms with Crippen molar-refractivity contribution in [3.8, 4) is 0 Å². The normalized spacial score (nSPS) is 10.1. The maximum Gasteiger partial charge on any atom is 0.129 e. The molecular formula is C12H12ClN3. The van der Waals surface area contributed by atoms with Gasteiger partial charge < -0.3 is 5.32 Å². The summed E-state index contributed by atoms with van der Waals surface area (Å²) in [6.45, 7) is 2.67. The third-order valence-corrected chi connectivity index (χ3v) is 2.44. The molecule has 0 spiro atoms. The van der Waals surface area contributed by atoms with Crippen LogP contribution in [0.1, 0.15) is 11.3 Å². The summed E-state index contributed by atoms with van der Waals surface area (Å²) in [7, 11) is 0. The molecule has 0 radical (unpaired) electrons. The van der Waals surface area contributed by atoms with Crippen LogP contribution in [0, 0.1) is 6.92 Å². The largest absolute Gasteiger partial charge is 0.366 e. The molecule has 0 saturated carbocycles. The summed E-state index contributed by atoms with van der Waals surface area (Å²) in [5.74, 6) is 0.836. The van der Waals surface area contributed by atoms with E-state index in [-0.39, 0.29) is 0 Å². The van der Waals surface area contributed by atoms with Gasteiger partial charge in [0.05, 0.1) is 0 Å². The van der Waals surface area contributed by atoms with E-state index in [2.05, 4.69) is 15.3 Å². The first-order chi connectivity index (χ1) is 7.74. The molecule has 1 aromatic heterocycles. The van der Waals surface area contributed by atoms with Crippen molar-refractivity contribution in [2.75, 3.05) is 5.32 Å². The van der Waals surface area contributed by atoms with Crippen LogP contribution < -0.4 is 5.32 Å². The van der Waals surface area contributed by atoms with Crippen molar-refractivity contribution >= 4 is 17.4 Å². The Balaban J connectivity index is 1.99. The van der Waals surface area contributed by atoms with Crippen LogP contribution in [0.4, 0.5) is 5.82 Å². The first kappa shape index (κ1) is 10.9. The van der Waals surface area contributed by atoms with Crippen molar-refractivity contribution in [2.24, 2.45) is 0 Å². The second-order valence-electron chi connectivity index (χ2n) is 3.52. The third kappa shape index (κ3) is 2.94. The number of anilines is 1. The Morgan fingerprint density at radius 3 is 2.62 bits per heavy atom. The standard InChI is InChI=1S/C12H12ClN3/c1-9-6-12(16-8-15-9)14-7-10-2-4-11(13)5-3-10/h2-6,8H,7H2,1H3,(H,14,15,16). The number of aryl methyl sites for hydroxylation is 1. The van der Waals surface area contributed by atoms with Crippen molar-refractivity contribution in [2.45, 2.75) is 13.5 Å². The lowest BCUT2D eigenvalue weighted by atomic mass is 10.2. The highest BCUT2D eigenvalue weighted by molar-refractivity contribution is 6.30. The first-order valence-electron chi connectivity index (χ1n) is 5.01. The second-order valence-corrected chi connectivity index (χ2v) is 3.96. The quantitative estimate of drug-likeness (QED) is 0.886. The zero-order chi connectivity index (χ0) is 11.4. The summed E-state index contributed by atoms with van der Waals surface area (Å²) < 4.78 is 0. The molecule has 1 N–H and O–H groups in total. The van der Waals surface area contributed by atoms with E-state index in [0.717, 1.165) is 23.1 Å². The molecule has 2 aromatic rings. The van der Waals surface area contributed by atoms with E-state index >= 15 is 0 Å². The van der Waals surface area contributed by atoms with Gasteiger partial charge in [0.15, 0.2) is 0 Å². The van der Waals surface area contributed by atoms with Crippen molar-refractivity contribution in [1.29, 1.82) is 0 Å². The van der Waals surface area contributed by atoms with Crippen LogP contribution in [-0.2, 0) is 6.54 Å². The number of aromatic nitrogens is 2. The third-order valence-electron chi connectivity index (χ3n) is 2.19. The molecule has 2 rings (SSSR count). The van der Waals surface area contributed by atoms with Crippen LogP contribution in [0.3, 0.4) is 0 Å². The minimum Gasteiger partial charge on any atom is -0.366 e. The number of hydrogen-bond donors (Lipinski definition) is 1. The average Bonchev–Trinajstić information content (AvgIpc) is 2.28. The molecule has 0 atom stereocenters. The Morgan fingerprint density at radius 1 is 1.19 bits per heavy atom. The molecule has 3 nitrogen and oxygen atoms in total. The summed E-state index contributed by atoms with van der Waals surface area (Å²) >= 11 is 5.81. The van der Waals surface area contributed by atoms with E-state index in [0.29, 0.717) is 0 Å². The fourth-order valence-electron chi connectivity index (χ4n) is 1.35. The lowest BCUT2D eigenvalue weighted by Gasteiger charge is -2.05. The van der Waals surface area contributed by atoms with Gasteiger partial charge in [0, 0.05) is 23.3 Å². The molecule has 1 aromatic carbocycles. The Kier molecular flexibility index (Phi) is 3.37. The van der Waals surface area contributed by atoms with E-state index < -0.39 is 0 Å². The molecule has 0 aliphatic rings. The molecule has 0 saturated heterocycles. The van der Waals surface area contributed by atoms with Gasteiger partial charge in [-0.15, -0.1) is 0 Å². The molecule has 0 aliphatic carbocycles. The lowest BCUT2D eigenvalue weighted by molar-refractivity contribution is 1.05. The van der Waals surface area contributed by atoms with Gasteiger partial charge in [0.1, 0.15) is 12.1 Å². The van der Waals surface area contributed by atoms with Crippen molar-refractivity contribution in [3.63, 3.8) is 0 Å². The molecule has 0 fully saturated rings. The summed E-state index contributed by atoms with van der Waals surface area (Å²) in [4.78, 5) is 8.16.